The lowest BCUT2D eigenvalue weighted by Gasteiger charge is -2.21. The van der Waals surface area contributed by atoms with E-state index in [9.17, 15) is 9.90 Å². The number of aliphatic hydroxyl groups excluding tert-OH is 1. The lowest BCUT2D eigenvalue weighted by atomic mass is 10.2. The molecule has 0 radical (unpaired) electrons. The zero-order chi connectivity index (χ0) is 16.4. The van der Waals surface area contributed by atoms with Gasteiger partial charge >= 0.3 is 6.03 Å². The normalized spacial score (nSPS) is 15.6. The number of hydrogen-bond acceptors (Lipinski definition) is 2. The molecule has 23 heavy (non-hydrogen) atoms. The molecule has 124 valence electrons. The van der Waals surface area contributed by atoms with E-state index >= 15 is 0 Å². The fraction of sp³-hybridized carbons (Fsp3) is 0.500. The summed E-state index contributed by atoms with van der Waals surface area (Å²) in [5.74, 6) is 0.374. The summed E-state index contributed by atoms with van der Waals surface area (Å²) in [5, 5.41) is 14.1. The first-order valence-electron chi connectivity index (χ1n) is 8.37. The Bertz CT molecular complexity index is 691. The number of amides is 2. The van der Waals surface area contributed by atoms with Crippen LogP contribution in [0.3, 0.4) is 0 Å². The smallest absolute Gasteiger partial charge is 0.321 e. The van der Waals surface area contributed by atoms with Gasteiger partial charge in [-0.25, -0.2) is 4.79 Å². The molecule has 0 saturated heterocycles. The van der Waals surface area contributed by atoms with E-state index in [1.165, 1.54) is 5.39 Å². The molecule has 1 aliphatic rings. The minimum atomic E-state index is -0.407. The van der Waals surface area contributed by atoms with Gasteiger partial charge in [-0.1, -0.05) is 13.0 Å². The number of rotatable bonds is 6. The molecule has 1 saturated carbocycles. The molecule has 2 aromatic rings. The summed E-state index contributed by atoms with van der Waals surface area (Å²) >= 11 is 0. The maximum atomic E-state index is 12.3. The summed E-state index contributed by atoms with van der Waals surface area (Å²) in [4.78, 5) is 13.8. The summed E-state index contributed by atoms with van der Waals surface area (Å²) in [6.45, 7) is 3.50. The molecular weight excluding hydrogens is 290 g/mol. The number of urea groups is 1. The standard InChI is InChI=1S/C18H25N3O2/c1-3-9-21-10-8-13-6-7-15(11-16(13)21)19-18(23)20(2)12-17(22)14-4-5-14/h6-8,10-11,14,17,22H,3-5,9,12H2,1-2H3,(H,19,23). The van der Waals surface area contributed by atoms with E-state index in [-0.39, 0.29) is 6.03 Å². The number of carbonyl (C=O) groups is 1. The number of aliphatic hydroxyl groups is 1. The lowest BCUT2D eigenvalue weighted by molar-refractivity contribution is 0.117. The van der Waals surface area contributed by atoms with Crippen molar-refractivity contribution in [1.29, 1.82) is 0 Å². The average molecular weight is 315 g/mol. The van der Waals surface area contributed by atoms with Crippen LogP contribution in [-0.4, -0.2) is 40.3 Å². The minimum Gasteiger partial charge on any atom is -0.391 e. The molecule has 0 bridgehead atoms. The van der Waals surface area contributed by atoms with Gasteiger partial charge in [0.05, 0.1) is 11.6 Å². The number of aryl methyl sites for hydroxylation is 1. The molecule has 1 fully saturated rings. The largest absolute Gasteiger partial charge is 0.391 e. The Hall–Kier alpha value is -2.01. The third-order valence-electron chi connectivity index (χ3n) is 4.46. The van der Waals surface area contributed by atoms with Gasteiger partial charge in [0, 0.05) is 32.0 Å². The Labute approximate surface area is 136 Å². The monoisotopic (exact) mass is 315 g/mol. The van der Waals surface area contributed by atoms with Crippen LogP contribution in [0.2, 0.25) is 0 Å². The second-order valence-electron chi connectivity index (χ2n) is 6.50. The van der Waals surface area contributed by atoms with E-state index in [0.717, 1.165) is 37.0 Å². The molecule has 1 atom stereocenters. The zero-order valence-corrected chi connectivity index (χ0v) is 13.8. The first-order chi connectivity index (χ1) is 11.1. The van der Waals surface area contributed by atoms with Gasteiger partial charge in [-0.2, -0.15) is 0 Å². The molecule has 0 spiro atoms. The lowest BCUT2D eigenvalue weighted by Crippen LogP contribution is -2.38. The van der Waals surface area contributed by atoms with Crippen LogP contribution in [0.1, 0.15) is 26.2 Å². The van der Waals surface area contributed by atoms with E-state index in [2.05, 4.69) is 29.1 Å². The van der Waals surface area contributed by atoms with Crippen LogP contribution in [0, 0.1) is 5.92 Å². The van der Waals surface area contributed by atoms with Gasteiger partial charge in [-0.15, -0.1) is 0 Å². The predicted octanol–water partition coefficient (Wildman–Crippen LogP) is 3.29. The van der Waals surface area contributed by atoms with Crippen molar-refractivity contribution in [3.8, 4) is 0 Å². The molecule has 5 heteroatoms. The minimum absolute atomic E-state index is 0.183. The number of likely N-dealkylation sites (N-methyl/N-ethyl adjacent to an activating group) is 1. The SMILES string of the molecule is CCCn1ccc2ccc(NC(=O)N(C)CC(O)C3CC3)cc21. The molecule has 1 unspecified atom stereocenters. The van der Waals surface area contributed by atoms with E-state index < -0.39 is 6.10 Å². The number of nitrogens with one attached hydrogen (secondary N) is 1. The van der Waals surface area contributed by atoms with Crippen LogP contribution >= 0.6 is 0 Å². The summed E-state index contributed by atoms with van der Waals surface area (Å²) in [5.41, 5.74) is 1.91. The first kappa shape index (κ1) is 15.9. The maximum absolute atomic E-state index is 12.3. The van der Waals surface area contributed by atoms with Gasteiger partial charge in [0.15, 0.2) is 0 Å². The zero-order valence-electron chi connectivity index (χ0n) is 13.8. The maximum Gasteiger partial charge on any atom is 0.321 e. The van der Waals surface area contributed by atoms with Crippen molar-refractivity contribution >= 4 is 22.6 Å². The van der Waals surface area contributed by atoms with E-state index in [1.54, 1.807) is 11.9 Å². The van der Waals surface area contributed by atoms with Crippen molar-refractivity contribution in [2.45, 2.75) is 38.8 Å². The Morgan fingerprint density at radius 3 is 2.91 bits per heavy atom. The second kappa shape index (κ2) is 6.62. The molecule has 2 N–H and O–H groups in total. The van der Waals surface area contributed by atoms with Crippen LogP contribution in [-0.2, 0) is 6.54 Å². The van der Waals surface area contributed by atoms with Crippen LogP contribution in [0.4, 0.5) is 10.5 Å². The predicted molar refractivity (Wildman–Crippen MR) is 92.6 cm³/mol. The van der Waals surface area contributed by atoms with Crippen molar-refractivity contribution < 1.29 is 9.90 Å². The Kier molecular flexibility index (Phi) is 4.57. The fourth-order valence-electron chi connectivity index (χ4n) is 2.91. The van der Waals surface area contributed by atoms with Gasteiger partial charge in [-0.3, -0.25) is 0 Å². The van der Waals surface area contributed by atoms with Crippen LogP contribution < -0.4 is 5.32 Å². The Morgan fingerprint density at radius 2 is 2.22 bits per heavy atom. The van der Waals surface area contributed by atoms with Crippen molar-refractivity contribution in [2.24, 2.45) is 5.92 Å². The third kappa shape index (κ3) is 3.67. The number of hydrogen-bond donors (Lipinski definition) is 2. The number of aromatic nitrogens is 1. The molecular formula is C18H25N3O2. The van der Waals surface area contributed by atoms with Crippen LogP contribution in [0.5, 0.6) is 0 Å². The van der Waals surface area contributed by atoms with Crippen molar-refractivity contribution in [3.63, 3.8) is 0 Å². The van der Waals surface area contributed by atoms with Gasteiger partial charge in [0.2, 0.25) is 0 Å². The van der Waals surface area contributed by atoms with Crippen LogP contribution in [0.15, 0.2) is 30.5 Å². The molecule has 0 aliphatic heterocycles. The summed E-state index contributed by atoms with van der Waals surface area (Å²) in [7, 11) is 1.72. The molecule has 1 heterocycles. The molecule has 1 aromatic carbocycles. The number of anilines is 1. The van der Waals surface area contributed by atoms with Crippen molar-refractivity contribution in [1.82, 2.24) is 9.47 Å². The topological polar surface area (TPSA) is 57.5 Å². The van der Waals surface area contributed by atoms with E-state index in [1.807, 2.05) is 18.2 Å². The molecule has 2 amide bonds. The van der Waals surface area contributed by atoms with Gasteiger partial charge in [-0.05, 0) is 48.8 Å². The summed E-state index contributed by atoms with van der Waals surface area (Å²) in [6.07, 6.45) is 4.89. The van der Waals surface area contributed by atoms with Gasteiger partial charge in [0.1, 0.15) is 0 Å². The van der Waals surface area contributed by atoms with Crippen LogP contribution in [0.25, 0.3) is 10.9 Å². The summed E-state index contributed by atoms with van der Waals surface area (Å²) < 4.78 is 2.20. The number of benzene rings is 1. The average Bonchev–Trinajstić information content (AvgIpc) is 3.31. The highest BCUT2D eigenvalue weighted by atomic mass is 16.3. The molecule has 5 nitrogen and oxygen atoms in total. The molecule has 1 aliphatic carbocycles. The number of nitrogens with zero attached hydrogens (tertiary/aromatic N) is 2. The van der Waals surface area contributed by atoms with Crippen molar-refractivity contribution in [2.75, 3.05) is 18.9 Å². The quantitative estimate of drug-likeness (QED) is 0.859. The van der Waals surface area contributed by atoms with Crippen molar-refractivity contribution in [3.05, 3.63) is 30.5 Å². The van der Waals surface area contributed by atoms with Gasteiger partial charge < -0.3 is 19.9 Å². The summed E-state index contributed by atoms with van der Waals surface area (Å²) in [6, 6.07) is 7.86. The molecule has 3 rings (SSSR count). The Morgan fingerprint density at radius 1 is 1.43 bits per heavy atom. The Balaban J connectivity index is 1.67. The van der Waals surface area contributed by atoms with Gasteiger partial charge in [0.25, 0.3) is 0 Å². The fourth-order valence-corrected chi connectivity index (χ4v) is 2.91. The third-order valence-corrected chi connectivity index (χ3v) is 4.46. The highest BCUT2D eigenvalue weighted by Gasteiger charge is 2.31. The molecule has 1 aromatic heterocycles. The van der Waals surface area contributed by atoms with E-state index in [0.29, 0.717) is 12.5 Å². The first-order valence-corrected chi connectivity index (χ1v) is 8.37. The highest BCUT2D eigenvalue weighted by molar-refractivity contribution is 5.92. The number of fused-ring (bicyclic) bond motifs is 1. The van der Waals surface area contributed by atoms with E-state index in [4.69, 9.17) is 0 Å². The highest BCUT2D eigenvalue weighted by Crippen LogP contribution is 2.32. The second-order valence-corrected chi connectivity index (χ2v) is 6.50. The number of carbonyl (C=O) groups excluding carboxylic acids is 1.